The van der Waals surface area contributed by atoms with Crippen molar-refractivity contribution in [1.29, 1.82) is 10.7 Å². The van der Waals surface area contributed by atoms with Crippen molar-refractivity contribution in [2.24, 2.45) is 17.4 Å². The van der Waals surface area contributed by atoms with E-state index in [-0.39, 0.29) is 5.48 Å². The van der Waals surface area contributed by atoms with Gasteiger partial charge >= 0.3 is 0 Å². The number of nitrogens with one attached hydrogen (secondary N) is 1. The van der Waals surface area contributed by atoms with Gasteiger partial charge in [0.15, 0.2) is 6.33 Å². The largest absolute Gasteiger partial charge is 0.481 e. The third-order valence-electron chi connectivity index (χ3n) is 2.83. The van der Waals surface area contributed by atoms with Crippen LogP contribution in [0.3, 0.4) is 0 Å². The van der Waals surface area contributed by atoms with Crippen molar-refractivity contribution in [3.63, 3.8) is 0 Å². The Morgan fingerprint density at radius 1 is 1.06 bits per heavy atom. The van der Waals surface area contributed by atoms with Crippen molar-refractivity contribution >= 4 is 12.3 Å². The molecule has 2 aromatic carbocycles. The number of carboxylic acids is 1. The number of rotatable bonds is 1. The van der Waals surface area contributed by atoms with Gasteiger partial charge in [-0.25, -0.2) is 0 Å². The Bertz CT molecular complexity index is 929. The fourth-order valence-electron chi connectivity index (χ4n) is 1.82. The van der Waals surface area contributed by atoms with E-state index in [9.17, 15) is 0 Å². The summed E-state index contributed by atoms with van der Waals surface area (Å²) in [5.41, 5.74) is 8.37. The van der Waals surface area contributed by atoms with E-state index in [0.717, 1.165) is 30.0 Å². The zero-order valence-electron chi connectivity index (χ0n) is 18.1. The maximum Gasteiger partial charge on any atom is 0.300 e. The lowest BCUT2D eigenvalue weighted by molar-refractivity contribution is -0.134. The number of aliphatic carboxylic acids is 1. The first-order valence-corrected chi connectivity index (χ1v) is 8.61. The van der Waals surface area contributed by atoms with E-state index < -0.39 is 5.97 Å². The molecule has 32 heavy (non-hydrogen) atoms. The van der Waals surface area contributed by atoms with Gasteiger partial charge in [0.25, 0.3) is 5.97 Å². The van der Waals surface area contributed by atoms with Crippen molar-refractivity contribution in [3.05, 3.63) is 71.5 Å². The molecular formula is C20H29N9O3. The number of hydrazine groups is 1. The minimum atomic E-state index is -0.833. The lowest BCUT2D eigenvalue weighted by Crippen LogP contribution is -2.02. The van der Waals surface area contributed by atoms with Gasteiger partial charge in [-0.2, -0.15) is 5.26 Å². The van der Waals surface area contributed by atoms with E-state index >= 15 is 0 Å². The predicted molar refractivity (Wildman–Crippen MR) is 122 cm³/mol. The molecule has 172 valence electrons. The first kappa shape index (κ1) is 32.4. The van der Waals surface area contributed by atoms with Gasteiger partial charge in [0.2, 0.25) is 5.82 Å². The third kappa shape index (κ3) is 17.8. The summed E-state index contributed by atoms with van der Waals surface area (Å²) in [7, 11) is 0. The number of aromatic nitrogens is 4. The molecule has 12 heteroatoms. The van der Waals surface area contributed by atoms with E-state index in [0.29, 0.717) is 5.82 Å². The summed E-state index contributed by atoms with van der Waals surface area (Å²) >= 11 is 0. The van der Waals surface area contributed by atoms with E-state index in [4.69, 9.17) is 20.6 Å². The monoisotopic (exact) mass is 443 g/mol. The molecule has 0 aliphatic carbocycles. The first-order chi connectivity index (χ1) is 14.8. The topological polar surface area (TPSA) is 246 Å². The van der Waals surface area contributed by atoms with Gasteiger partial charge in [0.05, 0.1) is 18.0 Å². The quantitative estimate of drug-likeness (QED) is 0.153. The van der Waals surface area contributed by atoms with Crippen LogP contribution in [-0.2, 0) is 4.79 Å². The second-order valence-electron chi connectivity index (χ2n) is 5.41. The van der Waals surface area contributed by atoms with Crippen molar-refractivity contribution in [3.8, 4) is 17.5 Å². The molecule has 3 rings (SSSR count). The molecule has 1 heterocycles. The van der Waals surface area contributed by atoms with Gasteiger partial charge in [0, 0.05) is 12.5 Å². The summed E-state index contributed by atoms with van der Waals surface area (Å²) in [5, 5.41) is 36.8. The van der Waals surface area contributed by atoms with Crippen LogP contribution < -0.4 is 17.4 Å². The number of nitrogens with zero attached hydrogens (tertiary/aromatic N) is 5. The highest BCUT2D eigenvalue weighted by molar-refractivity contribution is 5.63. The maximum absolute atomic E-state index is 9.00. The van der Waals surface area contributed by atoms with Gasteiger partial charge < -0.3 is 16.3 Å². The molecular weight excluding hydrogens is 414 g/mol. The number of nitriles is 1. The van der Waals surface area contributed by atoms with Gasteiger partial charge in [-0.15, -0.1) is 20.4 Å². The zero-order valence-corrected chi connectivity index (χ0v) is 18.1. The molecule has 0 fully saturated rings. The normalized spacial score (nSPS) is 7.75. The Morgan fingerprint density at radius 2 is 1.50 bits per heavy atom. The average molecular weight is 444 g/mol. The molecule has 1 aromatic heterocycles. The van der Waals surface area contributed by atoms with E-state index in [1.165, 1.54) is 11.9 Å². The van der Waals surface area contributed by atoms with Gasteiger partial charge in [0.1, 0.15) is 0 Å². The summed E-state index contributed by atoms with van der Waals surface area (Å²) < 4.78 is 0. The third-order valence-corrected chi connectivity index (χ3v) is 2.83. The van der Waals surface area contributed by atoms with Crippen LogP contribution in [0.2, 0.25) is 0 Å². The summed E-state index contributed by atoms with van der Waals surface area (Å²) in [6, 6.07) is 17.5. The second kappa shape index (κ2) is 21.4. The minimum absolute atomic E-state index is 0. The molecule has 0 atom stereocenters. The Labute approximate surface area is 186 Å². The fraction of sp³-hybridized carbons (Fsp3) is 0.150. The molecule has 12 nitrogen and oxygen atoms in total. The summed E-state index contributed by atoms with van der Waals surface area (Å²) in [6.07, 6.45) is 2.07. The second-order valence-corrected chi connectivity index (χ2v) is 5.41. The summed E-state index contributed by atoms with van der Waals surface area (Å²) in [6.45, 7) is 5.08. The molecule has 0 spiro atoms. The van der Waals surface area contributed by atoms with Gasteiger partial charge in [-0.3, -0.25) is 21.9 Å². The molecule has 0 amide bonds. The standard InChI is InChI=1S/C9H8N4.C8H7N.C2H4O2.CH4N2.H4N2.H2O/c1-7-3-2-4-8(5-7)9-12-10-6-11-13-9;1-7-3-2-4-8(5-7)6-9;1-2(3)4;2-1-3;1-2;/h2-6H,1H3;2-5H,1H3;1H3,(H,3,4);1H,(H3,2,3);1-2H2;1H2. The summed E-state index contributed by atoms with van der Waals surface area (Å²) in [4.78, 5) is 9.00. The Kier molecular flexibility index (Phi) is 21.6. The van der Waals surface area contributed by atoms with Crippen LogP contribution in [-0.4, -0.2) is 43.3 Å². The fourth-order valence-corrected chi connectivity index (χ4v) is 1.82. The highest BCUT2D eigenvalue weighted by Crippen LogP contribution is 2.13. The number of nitrogens with two attached hydrogens (primary N) is 3. The highest BCUT2D eigenvalue weighted by atomic mass is 16.4. The van der Waals surface area contributed by atoms with Crippen LogP contribution in [0.15, 0.2) is 54.9 Å². The highest BCUT2D eigenvalue weighted by Gasteiger charge is 2.00. The number of hydrogen-bond donors (Lipinski definition) is 5. The van der Waals surface area contributed by atoms with Crippen LogP contribution in [0.1, 0.15) is 23.6 Å². The van der Waals surface area contributed by atoms with Crippen LogP contribution in [0.4, 0.5) is 0 Å². The lowest BCUT2D eigenvalue weighted by Gasteiger charge is -1.97. The smallest absolute Gasteiger partial charge is 0.300 e. The van der Waals surface area contributed by atoms with Crippen molar-refractivity contribution < 1.29 is 15.4 Å². The molecule has 0 unspecified atom stereocenters. The number of benzene rings is 2. The van der Waals surface area contributed by atoms with Crippen LogP contribution in [0.25, 0.3) is 11.4 Å². The minimum Gasteiger partial charge on any atom is -0.481 e. The number of hydrogen-bond acceptors (Lipinski definition) is 9. The van der Waals surface area contributed by atoms with Gasteiger partial charge in [-0.1, -0.05) is 35.9 Å². The summed E-state index contributed by atoms with van der Waals surface area (Å²) in [5.74, 6) is 7.73. The Morgan fingerprint density at radius 3 is 1.88 bits per heavy atom. The molecule has 0 saturated carbocycles. The number of carboxylic acid groups (broad SMARTS) is 1. The lowest BCUT2D eigenvalue weighted by atomic mass is 10.1. The van der Waals surface area contributed by atoms with Crippen molar-refractivity contribution in [2.75, 3.05) is 0 Å². The molecule has 0 radical (unpaired) electrons. The molecule has 0 aliphatic rings. The van der Waals surface area contributed by atoms with Gasteiger partial charge in [-0.05, 0) is 37.6 Å². The number of aryl methyl sites for hydroxylation is 2. The average Bonchev–Trinajstić information content (AvgIpc) is 2.76. The van der Waals surface area contributed by atoms with Crippen molar-refractivity contribution in [1.82, 2.24) is 20.4 Å². The van der Waals surface area contributed by atoms with Crippen LogP contribution in [0.5, 0.6) is 0 Å². The van der Waals surface area contributed by atoms with Crippen LogP contribution in [0, 0.1) is 30.6 Å². The van der Waals surface area contributed by atoms with E-state index in [2.05, 4.69) is 43.9 Å². The Balaban J connectivity index is -0.000000388. The number of carbonyl (C=O) groups is 1. The van der Waals surface area contributed by atoms with Crippen molar-refractivity contribution in [2.45, 2.75) is 20.8 Å². The molecule has 10 N–H and O–H groups in total. The molecule has 0 saturated heterocycles. The van der Waals surface area contributed by atoms with E-state index in [1.807, 2.05) is 56.3 Å². The maximum atomic E-state index is 9.00. The predicted octanol–water partition coefficient (Wildman–Crippen LogP) is 0.746. The van der Waals surface area contributed by atoms with E-state index in [1.54, 1.807) is 6.07 Å². The van der Waals surface area contributed by atoms with Crippen LogP contribution >= 0.6 is 0 Å². The molecule has 3 aromatic rings. The Hall–Kier alpha value is -4.31. The molecule has 0 bridgehead atoms. The first-order valence-electron chi connectivity index (χ1n) is 8.61. The molecule has 0 aliphatic heterocycles. The SMILES string of the molecule is CC(=O)O.Cc1cccc(-c2nncnn2)c1.Cc1cccc(C#N)c1.N=CN.NN.O. The zero-order chi connectivity index (χ0) is 24.1.